The fourth-order valence-corrected chi connectivity index (χ4v) is 8.40. The van der Waals surface area contributed by atoms with E-state index in [1.807, 2.05) is 0 Å². The van der Waals surface area contributed by atoms with Crippen LogP contribution in [0.3, 0.4) is 0 Å². The van der Waals surface area contributed by atoms with Gasteiger partial charge in [-0.15, -0.1) is 0 Å². The van der Waals surface area contributed by atoms with E-state index in [-0.39, 0.29) is 0 Å². The standard InChI is InChI=1S/C24H45O3P/c1-3-5-7-8-9-10-11-12-26-28(25,13-6-4-2)27-20-24-17-21-14-22(18-24)16-23(15-21)19-24/h21-23H,3-20H2,1-2H3. The molecular weight excluding hydrogens is 367 g/mol. The summed E-state index contributed by atoms with van der Waals surface area (Å²) in [6.45, 7) is 5.70. The Balaban J connectivity index is 1.42. The molecular formula is C24H45O3P. The minimum absolute atomic E-state index is 0.319. The molecule has 4 saturated carbocycles. The number of rotatable bonds is 15. The van der Waals surface area contributed by atoms with Gasteiger partial charge < -0.3 is 9.05 Å². The number of unbranched alkanes of at least 4 members (excludes halogenated alkanes) is 7. The van der Waals surface area contributed by atoms with Gasteiger partial charge in [-0.05, 0) is 74.5 Å². The van der Waals surface area contributed by atoms with Gasteiger partial charge in [0.1, 0.15) is 0 Å². The summed E-state index contributed by atoms with van der Waals surface area (Å²) in [7, 11) is -2.93. The molecule has 0 amide bonds. The molecule has 4 aliphatic rings. The van der Waals surface area contributed by atoms with E-state index < -0.39 is 7.60 Å². The minimum atomic E-state index is -2.93. The molecule has 4 fully saturated rings. The summed E-state index contributed by atoms with van der Waals surface area (Å²) in [6, 6.07) is 0. The molecule has 0 aromatic rings. The molecule has 0 aromatic carbocycles. The molecule has 4 rings (SSSR count). The molecule has 0 radical (unpaired) electrons. The second kappa shape index (κ2) is 11.0. The van der Waals surface area contributed by atoms with Gasteiger partial charge in [-0.2, -0.15) is 0 Å². The van der Waals surface area contributed by atoms with Gasteiger partial charge in [0.2, 0.25) is 0 Å². The second-order valence-corrected chi connectivity index (χ2v) is 12.5. The number of hydrogen-bond acceptors (Lipinski definition) is 3. The summed E-state index contributed by atoms with van der Waals surface area (Å²) in [4.78, 5) is 0. The largest absolute Gasteiger partial charge is 0.330 e. The molecule has 164 valence electrons. The highest BCUT2D eigenvalue weighted by Gasteiger charge is 2.51. The lowest BCUT2D eigenvalue weighted by molar-refractivity contribution is -0.0766. The third-order valence-corrected chi connectivity index (χ3v) is 9.52. The topological polar surface area (TPSA) is 35.5 Å². The van der Waals surface area contributed by atoms with Crippen LogP contribution in [0.25, 0.3) is 0 Å². The molecule has 3 nitrogen and oxygen atoms in total. The van der Waals surface area contributed by atoms with E-state index in [0.29, 0.717) is 24.8 Å². The Morgan fingerprint density at radius 3 is 1.86 bits per heavy atom. The van der Waals surface area contributed by atoms with Crippen LogP contribution in [-0.4, -0.2) is 19.4 Å². The number of hydrogen-bond donors (Lipinski definition) is 0. The van der Waals surface area contributed by atoms with Crippen molar-refractivity contribution < 1.29 is 13.6 Å². The first-order valence-corrected chi connectivity index (χ1v) is 14.2. The molecule has 0 aromatic heterocycles. The van der Waals surface area contributed by atoms with Crippen LogP contribution in [0.2, 0.25) is 0 Å². The summed E-state index contributed by atoms with van der Waals surface area (Å²) >= 11 is 0. The van der Waals surface area contributed by atoms with Crippen LogP contribution in [0.1, 0.15) is 110 Å². The van der Waals surface area contributed by atoms with Gasteiger partial charge in [-0.3, -0.25) is 4.57 Å². The zero-order valence-electron chi connectivity index (χ0n) is 18.6. The molecule has 0 N–H and O–H groups in total. The van der Waals surface area contributed by atoms with Gasteiger partial charge in [-0.25, -0.2) is 0 Å². The molecule has 4 bridgehead atoms. The van der Waals surface area contributed by atoms with Gasteiger partial charge in [0.05, 0.1) is 19.4 Å². The van der Waals surface area contributed by atoms with E-state index in [9.17, 15) is 4.57 Å². The predicted octanol–water partition coefficient (Wildman–Crippen LogP) is 7.98. The highest BCUT2D eigenvalue weighted by Crippen LogP contribution is 2.62. The lowest BCUT2D eigenvalue weighted by Crippen LogP contribution is -2.48. The average molecular weight is 413 g/mol. The molecule has 1 atom stereocenters. The SMILES string of the molecule is CCCCCCCCCOP(=O)(CCCC)OCC12CC3CC(CC(C3)C1)C2. The quantitative estimate of drug-likeness (QED) is 0.202. The zero-order valence-corrected chi connectivity index (χ0v) is 19.5. The van der Waals surface area contributed by atoms with Crippen molar-refractivity contribution in [3.8, 4) is 0 Å². The lowest BCUT2D eigenvalue weighted by Gasteiger charge is -2.56. The van der Waals surface area contributed by atoms with Crippen molar-refractivity contribution in [2.24, 2.45) is 23.2 Å². The Labute approximate surface area is 174 Å². The van der Waals surface area contributed by atoms with Crippen molar-refractivity contribution >= 4 is 7.60 Å². The van der Waals surface area contributed by atoms with Crippen molar-refractivity contribution in [1.29, 1.82) is 0 Å². The van der Waals surface area contributed by atoms with Crippen LogP contribution in [0.5, 0.6) is 0 Å². The maximum absolute atomic E-state index is 13.4. The van der Waals surface area contributed by atoms with Crippen molar-refractivity contribution in [1.82, 2.24) is 0 Å². The zero-order chi connectivity index (χ0) is 19.9. The van der Waals surface area contributed by atoms with Crippen molar-refractivity contribution in [3.63, 3.8) is 0 Å². The Hall–Kier alpha value is 0.150. The highest BCUT2D eigenvalue weighted by atomic mass is 31.2. The smallest absolute Gasteiger partial charge is 0.309 e. The van der Waals surface area contributed by atoms with E-state index in [0.717, 1.165) is 37.0 Å². The van der Waals surface area contributed by atoms with Gasteiger partial charge in [-0.1, -0.05) is 58.8 Å². The first-order chi connectivity index (χ1) is 13.6. The van der Waals surface area contributed by atoms with E-state index in [1.54, 1.807) is 0 Å². The Kier molecular flexibility index (Phi) is 8.94. The van der Waals surface area contributed by atoms with Crippen LogP contribution in [0, 0.1) is 23.2 Å². The third kappa shape index (κ3) is 6.58. The molecule has 0 saturated heterocycles. The fraction of sp³-hybridized carbons (Fsp3) is 1.00. The molecule has 0 heterocycles. The Bertz CT molecular complexity index is 469. The van der Waals surface area contributed by atoms with Crippen molar-refractivity contribution in [2.75, 3.05) is 19.4 Å². The minimum Gasteiger partial charge on any atom is -0.309 e. The molecule has 28 heavy (non-hydrogen) atoms. The van der Waals surface area contributed by atoms with E-state index in [2.05, 4.69) is 13.8 Å². The Morgan fingerprint density at radius 2 is 1.29 bits per heavy atom. The molecule has 1 unspecified atom stereocenters. The van der Waals surface area contributed by atoms with Crippen LogP contribution in [-0.2, 0) is 13.6 Å². The monoisotopic (exact) mass is 412 g/mol. The summed E-state index contributed by atoms with van der Waals surface area (Å²) in [6.07, 6.45) is 19.7. The third-order valence-electron chi connectivity index (χ3n) is 7.55. The molecule has 0 spiro atoms. The molecule has 4 aliphatic carbocycles. The van der Waals surface area contributed by atoms with E-state index in [1.165, 1.54) is 77.0 Å². The molecule has 4 heteroatoms. The second-order valence-electron chi connectivity index (χ2n) is 10.3. The summed E-state index contributed by atoms with van der Waals surface area (Å²) < 4.78 is 25.6. The van der Waals surface area contributed by atoms with Crippen molar-refractivity contribution in [3.05, 3.63) is 0 Å². The maximum Gasteiger partial charge on any atom is 0.330 e. The molecule has 0 aliphatic heterocycles. The predicted molar refractivity (Wildman–Crippen MR) is 118 cm³/mol. The van der Waals surface area contributed by atoms with Crippen LogP contribution < -0.4 is 0 Å². The van der Waals surface area contributed by atoms with Crippen LogP contribution >= 0.6 is 7.60 Å². The Morgan fingerprint density at radius 1 is 0.750 bits per heavy atom. The van der Waals surface area contributed by atoms with Crippen molar-refractivity contribution in [2.45, 2.75) is 110 Å². The van der Waals surface area contributed by atoms with E-state index >= 15 is 0 Å². The van der Waals surface area contributed by atoms with Gasteiger partial charge in [0.25, 0.3) is 0 Å². The highest BCUT2D eigenvalue weighted by molar-refractivity contribution is 7.53. The summed E-state index contributed by atoms with van der Waals surface area (Å²) in [5.41, 5.74) is 0.319. The maximum atomic E-state index is 13.4. The summed E-state index contributed by atoms with van der Waals surface area (Å²) in [5, 5.41) is 0. The first kappa shape index (κ1) is 22.8. The van der Waals surface area contributed by atoms with Gasteiger partial charge in [0.15, 0.2) is 0 Å². The first-order valence-electron chi connectivity index (χ1n) is 12.4. The average Bonchev–Trinajstić information content (AvgIpc) is 2.66. The van der Waals surface area contributed by atoms with E-state index in [4.69, 9.17) is 9.05 Å². The van der Waals surface area contributed by atoms with Crippen LogP contribution in [0.15, 0.2) is 0 Å². The fourth-order valence-electron chi connectivity index (χ4n) is 6.48. The van der Waals surface area contributed by atoms with Gasteiger partial charge in [0, 0.05) is 0 Å². The normalized spacial score (nSPS) is 33.3. The summed E-state index contributed by atoms with van der Waals surface area (Å²) in [5.74, 6) is 2.75. The lowest BCUT2D eigenvalue weighted by atomic mass is 9.50. The van der Waals surface area contributed by atoms with Gasteiger partial charge >= 0.3 is 7.60 Å². The van der Waals surface area contributed by atoms with Crippen LogP contribution in [0.4, 0.5) is 0 Å².